The maximum absolute atomic E-state index is 13.6. The SMILES string of the molecule is C=CCOCC(COCC(O)COCC(F)(F)OC(F)(F)COCOCCO)OC1CCCCO1. The van der Waals surface area contributed by atoms with Gasteiger partial charge in [0.05, 0.1) is 46.2 Å². The van der Waals surface area contributed by atoms with Gasteiger partial charge in [-0.25, -0.2) is 0 Å². The van der Waals surface area contributed by atoms with Crippen molar-refractivity contribution in [3.63, 3.8) is 0 Å². The average Bonchev–Trinajstić information content (AvgIpc) is 2.78. The molecule has 1 aliphatic rings. The number of rotatable bonds is 22. The number of hydrogen-bond acceptors (Lipinski definition) is 10. The van der Waals surface area contributed by atoms with E-state index in [1.54, 1.807) is 6.08 Å². The highest BCUT2D eigenvalue weighted by molar-refractivity contribution is 4.67. The summed E-state index contributed by atoms with van der Waals surface area (Å²) in [5.74, 6) is 0. The number of ether oxygens (including phenoxy) is 8. The molecule has 0 amide bonds. The van der Waals surface area contributed by atoms with Crippen molar-refractivity contribution in [1.82, 2.24) is 0 Å². The molecule has 208 valence electrons. The van der Waals surface area contributed by atoms with E-state index >= 15 is 0 Å². The van der Waals surface area contributed by atoms with Crippen LogP contribution in [0.15, 0.2) is 12.7 Å². The summed E-state index contributed by atoms with van der Waals surface area (Å²) in [5.41, 5.74) is 0. The fourth-order valence-electron chi connectivity index (χ4n) is 2.76. The molecule has 35 heavy (non-hydrogen) atoms. The predicted octanol–water partition coefficient (Wildman–Crippen LogP) is 1.68. The van der Waals surface area contributed by atoms with E-state index in [0.29, 0.717) is 13.2 Å². The van der Waals surface area contributed by atoms with Gasteiger partial charge in [0.1, 0.15) is 32.2 Å². The van der Waals surface area contributed by atoms with Gasteiger partial charge in [-0.3, -0.25) is 4.74 Å². The van der Waals surface area contributed by atoms with E-state index in [2.05, 4.69) is 25.5 Å². The molecule has 14 heteroatoms. The summed E-state index contributed by atoms with van der Waals surface area (Å²) in [6, 6.07) is 0. The first-order chi connectivity index (χ1) is 16.7. The van der Waals surface area contributed by atoms with Crippen LogP contribution >= 0.6 is 0 Å². The third kappa shape index (κ3) is 17.2. The van der Waals surface area contributed by atoms with E-state index in [-0.39, 0.29) is 33.0 Å². The second kappa shape index (κ2) is 18.3. The molecule has 1 fully saturated rings. The zero-order valence-corrected chi connectivity index (χ0v) is 19.6. The van der Waals surface area contributed by atoms with Crippen molar-refractivity contribution in [3.8, 4) is 0 Å². The number of hydrogen-bond donors (Lipinski definition) is 2. The first-order valence-corrected chi connectivity index (χ1v) is 11.2. The van der Waals surface area contributed by atoms with Crippen LogP contribution in [0.4, 0.5) is 17.6 Å². The lowest BCUT2D eigenvalue weighted by Gasteiger charge is -2.28. The smallest absolute Gasteiger partial charge is 0.383 e. The molecule has 1 heterocycles. The highest BCUT2D eigenvalue weighted by Gasteiger charge is 2.44. The molecule has 2 N–H and O–H groups in total. The Morgan fingerprint density at radius 2 is 1.63 bits per heavy atom. The van der Waals surface area contributed by atoms with Gasteiger partial charge in [0.15, 0.2) is 6.29 Å². The maximum atomic E-state index is 13.6. The first-order valence-electron chi connectivity index (χ1n) is 11.2. The van der Waals surface area contributed by atoms with Crippen LogP contribution in [0.25, 0.3) is 0 Å². The second-order valence-electron chi connectivity index (χ2n) is 7.56. The van der Waals surface area contributed by atoms with E-state index in [9.17, 15) is 22.7 Å². The molecule has 3 atom stereocenters. The van der Waals surface area contributed by atoms with Crippen LogP contribution in [-0.2, 0) is 37.9 Å². The summed E-state index contributed by atoms with van der Waals surface area (Å²) in [6.45, 7) is -0.379. The monoisotopic (exact) mass is 524 g/mol. The van der Waals surface area contributed by atoms with Gasteiger partial charge in [0.25, 0.3) is 0 Å². The number of halogens is 4. The molecular formula is C21H36F4O10. The van der Waals surface area contributed by atoms with Crippen molar-refractivity contribution in [1.29, 1.82) is 0 Å². The summed E-state index contributed by atoms with van der Waals surface area (Å²) in [6.07, 6.45) is -6.63. The van der Waals surface area contributed by atoms with Crippen molar-refractivity contribution < 1.29 is 65.7 Å². The molecule has 1 aliphatic heterocycles. The number of alkyl halides is 4. The molecule has 10 nitrogen and oxygen atoms in total. The van der Waals surface area contributed by atoms with E-state index in [4.69, 9.17) is 24.1 Å². The topological polar surface area (TPSA) is 114 Å². The lowest BCUT2D eigenvalue weighted by molar-refractivity contribution is -0.396. The van der Waals surface area contributed by atoms with Gasteiger partial charge in [-0.1, -0.05) is 6.08 Å². The van der Waals surface area contributed by atoms with Gasteiger partial charge < -0.3 is 43.4 Å². The minimum absolute atomic E-state index is 0.0293. The average molecular weight is 525 g/mol. The van der Waals surface area contributed by atoms with E-state index < -0.39 is 57.3 Å². The van der Waals surface area contributed by atoms with Gasteiger partial charge in [0, 0.05) is 6.61 Å². The van der Waals surface area contributed by atoms with Crippen LogP contribution in [0.2, 0.25) is 0 Å². The number of aliphatic hydroxyl groups excluding tert-OH is 2. The van der Waals surface area contributed by atoms with Gasteiger partial charge in [-0.05, 0) is 19.3 Å². The Bertz CT molecular complexity index is 538. The fraction of sp³-hybridized carbons (Fsp3) is 0.905. The summed E-state index contributed by atoms with van der Waals surface area (Å²) >= 11 is 0. The minimum Gasteiger partial charge on any atom is -0.394 e. The van der Waals surface area contributed by atoms with Crippen LogP contribution in [-0.4, -0.2) is 114 Å². The molecule has 0 aromatic rings. The molecular weight excluding hydrogens is 488 g/mol. The third-order valence-electron chi connectivity index (χ3n) is 4.19. The Morgan fingerprint density at radius 3 is 2.29 bits per heavy atom. The number of aliphatic hydroxyl groups is 2. The van der Waals surface area contributed by atoms with Gasteiger partial charge in [-0.2, -0.15) is 17.6 Å². The van der Waals surface area contributed by atoms with Gasteiger partial charge >= 0.3 is 12.2 Å². The second-order valence-corrected chi connectivity index (χ2v) is 7.56. The van der Waals surface area contributed by atoms with E-state index in [0.717, 1.165) is 19.3 Å². The summed E-state index contributed by atoms with van der Waals surface area (Å²) < 4.78 is 93.2. The van der Waals surface area contributed by atoms with Crippen molar-refractivity contribution in [2.45, 2.75) is 50.0 Å². The van der Waals surface area contributed by atoms with Crippen LogP contribution in [0.5, 0.6) is 0 Å². The summed E-state index contributed by atoms with van der Waals surface area (Å²) in [7, 11) is 0. The normalized spacial score (nSPS) is 19.0. The van der Waals surface area contributed by atoms with Crippen molar-refractivity contribution >= 4 is 0 Å². The van der Waals surface area contributed by atoms with Gasteiger partial charge in [0.2, 0.25) is 0 Å². The van der Waals surface area contributed by atoms with Crippen LogP contribution < -0.4 is 0 Å². The lowest BCUT2D eigenvalue weighted by Crippen LogP contribution is -2.40. The third-order valence-corrected chi connectivity index (χ3v) is 4.19. The highest BCUT2D eigenvalue weighted by atomic mass is 19.3. The molecule has 0 bridgehead atoms. The molecule has 0 aliphatic carbocycles. The fourth-order valence-corrected chi connectivity index (χ4v) is 2.76. The largest absolute Gasteiger partial charge is 0.394 e. The van der Waals surface area contributed by atoms with Crippen molar-refractivity contribution in [2.75, 3.05) is 72.9 Å². The minimum atomic E-state index is -4.35. The Hall–Kier alpha value is -0.940. The molecule has 3 unspecified atom stereocenters. The molecule has 1 rings (SSSR count). The van der Waals surface area contributed by atoms with Gasteiger partial charge in [-0.15, -0.1) is 6.58 Å². The molecule has 0 radical (unpaired) electrons. The van der Waals surface area contributed by atoms with Crippen LogP contribution in [0.1, 0.15) is 19.3 Å². The van der Waals surface area contributed by atoms with E-state index in [1.807, 2.05) is 0 Å². The van der Waals surface area contributed by atoms with Crippen LogP contribution in [0.3, 0.4) is 0 Å². The van der Waals surface area contributed by atoms with Crippen LogP contribution in [0, 0.1) is 0 Å². The Morgan fingerprint density at radius 1 is 0.943 bits per heavy atom. The maximum Gasteiger partial charge on any atom is 0.383 e. The predicted molar refractivity (Wildman–Crippen MR) is 112 cm³/mol. The molecule has 1 saturated heterocycles. The first kappa shape index (κ1) is 32.1. The zero-order valence-electron chi connectivity index (χ0n) is 19.6. The Labute approximate surface area is 202 Å². The lowest BCUT2D eigenvalue weighted by atomic mass is 10.2. The quantitative estimate of drug-likeness (QED) is 0.0939. The molecule has 0 aromatic heterocycles. The zero-order chi connectivity index (χ0) is 26.0. The summed E-state index contributed by atoms with van der Waals surface area (Å²) in [5, 5.41) is 18.3. The molecule has 0 saturated carbocycles. The molecule has 0 aromatic carbocycles. The van der Waals surface area contributed by atoms with Crippen molar-refractivity contribution in [2.24, 2.45) is 0 Å². The Kier molecular flexibility index (Phi) is 16.8. The highest BCUT2D eigenvalue weighted by Crippen LogP contribution is 2.27. The van der Waals surface area contributed by atoms with Crippen molar-refractivity contribution in [3.05, 3.63) is 12.7 Å². The van der Waals surface area contributed by atoms with E-state index in [1.165, 1.54) is 0 Å². The molecule has 0 spiro atoms. The Balaban J connectivity index is 2.27. The standard InChI is InChI=1S/C21H36F4O10/c1-2-7-28-12-18(34-19-5-3-4-8-33-19)13-30-10-17(27)11-31-14-20(22,23)35-21(24,25)15-32-16-29-9-6-26/h2,17-19,26-27H,1,3-16H2. The summed E-state index contributed by atoms with van der Waals surface area (Å²) in [4.78, 5) is 0.